The molecule has 16 heavy (non-hydrogen) atoms. The Hall–Kier alpha value is -1.15. The normalized spacial score (nSPS) is 19.8. The number of hydrogen-bond acceptors (Lipinski definition) is 2. The quantitative estimate of drug-likeness (QED) is 0.823. The lowest BCUT2D eigenvalue weighted by molar-refractivity contribution is -0.121. The van der Waals surface area contributed by atoms with Crippen molar-refractivity contribution in [2.45, 2.75) is 32.1 Å². The molecule has 0 amide bonds. The highest BCUT2D eigenvalue weighted by molar-refractivity contribution is 5.78. The number of hydrogen-bond donors (Lipinski definition) is 1. The van der Waals surface area contributed by atoms with Gasteiger partial charge in [0.1, 0.15) is 5.78 Å². The van der Waals surface area contributed by atoms with Crippen molar-refractivity contribution >= 4 is 5.78 Å². The molecule has 1 aromatic rings. The Labute approximate surface area is 96.3 Å². The first-order chi connectivity index (χ1) is 7.72. The van der Waals surface area contributed by atoms with Gasteiger partial charge >= 0.3 is 0 Å². The maximum Gasteiger partial charge on any atom is 0.133 e. The Morgan fingerprint density at radius 3 is 2.88 bits per heavy atom. The first kappa shape index (κ1) is 11.3. The Kier molecular flexibility index (Phi) is 3.39. The smallest absolute Gasteiger partial charge is 0.133 e. The van der Waals surface area contributed by atoms with E-state index in [1.54, 1.807) is 6.92 Å². The minimum absolute atomic E-state index is 0.0309. The third-order valence-corrected chi connectivity index (χ3v) is 3.58. The van der Waals surface area contributed by atoms with Gasteiger partial charge in [-0.3, -0.25) is 4.79 Å². The minimum Gasteiger partial charge on any atom is -0.396 e. The summed E-state index contributed by atoms with van der Waals surface area (Å²) in [4.78, 5) is 11.4. The van der Waals surface area contributed by atoms with Gasteiger partial charge in [-0.05, 0) is 43.2 Å². The minimum atomic E-state index is 0.0309. The van der Waals surface area contributed by atoms with E-state index in [4.69, 9.17) is 5.11 Å². The van der Waals surface area contributed by atoms with Gasteiger partial charge < -0.3 is 5.11 Å². The van der Waals surface area contributed by atoms with Crippen molar-refractivity contribution in [3.05, 3.63) is 35.4 Å². The Morgan fingerprint density at radius 2 is 2.25 bits per heavy atom. The van der Waals surface area contributed by atoms with Crippen molar-refractivity contribution in [1.29, 1.82) is 0 Å². The van der Waals surface area contributed by atoms with Gasteiger partial charge in [-0.25, -0.2) is 0 Å². The van der Waals surface area contributed by atoms with E-state index in [1.807, 2.05) is 0 Å². The predicted molar refractivity (Wildman–Crippen MR) is 63.4 cm³/mol. The van der Waals surface area contributed by atoms with Gasteiger partial charge in [0.2, 0.25) is 0 Å². The Bertz CT molecular complexity index is 384. The number of carbonyl (C=O) groups is 1. The first-order valence-corrected chi connectivity index (χ1v) is 5.91. The second kappa shape index (κ2) is 4.79. The van der Waals surface area contributed by atoms with Gasteiger partial charge in [-0.1, -0.05) is 24.3 Å². The maximum atomic E-state index is 11.4. The lowest BCUT2D eigenvalue weighted by Crippen LogP contribution is -2.23. The molecule has 1 aliphatic carbocycles. The van der Waals surface area contributed by atoms with Crippen LogP contribution < -0.4 is 0 Å². The van der Waals surface area contributed by atoms with Crippen LogP contribution in [0.4, 0.5) is 0 Å². The van der Waals surface area contributed by atoms with Crippen molar-refractivity contribution < 1.29 is 9.90 Å². The Balaban J connectivity index is 1.99. The lowest BCUT2D eigenvalue weighted by atomic mass is 9.72. The predicted octanol–water partition coefficient (Wildman–Crippen LogP) is 2.30. The fourth-order valence-corrected chi connectivity index (χ4v) is 2.56. The van der Waals surface area contributed by atoms with E-state index in [0.29, 0.717) is 12.3 Å². The third-order valence-electron chi connectivity index (χ3n) is 3.58. The standard InChI is InChI=1S/C14H18O2/c1-10(16)11(6-7-15)8-13-9-12-4-2-3-5-14(12)13/h2-5,11,13,15H,6-9H2,1H3. The van der Waals surface area contributed by atoms with Crippen molar-refractivity contribution in [2.24, 2.45) is 5.92 Å². The summed E-state index contributed by atoms with van der Waals surface area (Å²) in [6.45, 7) is 1.74. The maximum absolute atomic E-state index is 11.4. The zero-order chi connectivity index (χ0) is 11.5. The molecule has 1 aromatic carbocycles. The number of benzene rings is 1. The molecule has 0 spiro atoms. The number of aliphatic hydroxyl groups is 1. The number of rotatable bonds is 5. The molecule has 2 atom stereocenters. The second-order valence-corrected chi connectivity index (χ2v) is 4.66. The molecular weight excluding hydrogens is 200 g/mol. The van der Waals surface area contributed by atoms with Gasteiger partial charge in [0.05, 0.1) is 0 Å². The molecule has 2 unspecified atom stereocenters. The van der Waals surface area contributed by atoms with E-state index in [1.165, 1.54) is 11.1 Å². The molecule has 86 valence electrons. The average Bonchev–Trinajstić information content (AvgIpc) is 2.24. The zero-order valence-electron chi connectivity index (χ0n) is 9.65. The van der Waals surface area contributed by atoms with Crippen LogP contribution in [-0.4, -0.2) is 17.5 Å². The summed E-state index contributed by atoms with van der Waals surface area (Å²) in [5.41, 5.74) is 2.81. The molecule has 2 nitrogen and oxygen atoms in total. The van der Waals surface area contributed by atoms with Crippen LogP contribution >= 0.6 is 0 Å². The van der Waals surface area contributed by atoms with Gasteiger partial charge in [-0.15, -0.1) is 0 Å². The molecule has 0 fully saturated rings. The zero-order valence-corrected chi connectivity index (χ0v) is 9.65. The molecule has 0 heterocycles. The number of Topliss-reactive ketones (excluding diaryl/α,β-unsaturated/α-hetero) is 1. The Morgan fingerprint density at radius 1 is 1.50 bits per heavy atom. The molecule has 0 radical (unpaired) electrons. The number of ketones is 1. The largest absolute Gasteiger partial charge is 0.396 e. The molecule has 2 heteroatoms. The topological polar surface area (TPSA) is 37.3 Å². The number of fused-ring (bicyclic) bond motifs is 1. The van der Waals surface area contributed by atoms with E-state index in [-0.39, 0.29) is 18.3 Å². The van der Waals surface area contributed by atoms with E-state index in [2.05, 4.69) is 24.3 Å². The van der Waals surface area contributed by atoms with Crippen LogP contribution in [0.3, 0.4) is 0 Å². The fourth-order valence-electron chi connectivity index (χ4n) is 2.56. The molecule has 1 aliphatic rings. The molecule has 0 aromatic heterocycles. The monoisotopic (exact) mass is 218 g/mol. The van der Waals surface area contributed by atoms with E-state index in [0.717, 1.165) is 12.8 Å². The lowest BCUT2D eigenvalue weighted by Gasteiger charge is -2.32. The molecule has 0 bridgehead atoms. The van der Waals surface area contributed by atoms with Crippen molar-refractivity contribution in [3.8, 4) is 0 Å². The highest BCUT2D eigenvalue weighted by atomic mass is 16.3. The summed E-state index contributed by atoms with van der Waals surface area (Å²) < 4.78 is 0. The molecular formula is C14H18O2. The summed E-state index contributed by atoms with van der Waals surface area (Å²) in [5.74, 6) is 0.762. The number of aliphatic hydroxyl groups excluding tert-OH is 1. The van der Waals surface area contributed by atoms with Crippen LogP contribution in [0.15, 0.2) is 24.3 Å². The van der Waals surface area contributed by atoms with E-state index < -0.39 is 0 Å². The van der Waals surface area contributed by atoms with Crippen LogP contribution in [0.1, 0.15) is 36.8 Å². The summed E-state index contributed by atoms with van der Waals surface area (Å²) in [7, 11) is 0. The van der Waals surface area contributed by atoms with Crippen molar-refractivity contribution in [3.63, 3.8) is 0 Å². The van der Waals surface area contributed by atoms with Gasteiger partial charge in [0.25, 0.3) is 0 Å². The summed E-state index contributed by atoms with van der Waals surface area (Å²) in [6, 6.07) is 8.42. The van der Waals surface area contributed by atoms with Crippen molar-refractivity contribution in [2.75, 3.05) is 6.61 Å². The number of carbonyl (C=O) groups excluding carboxylic acids is 1. The van der Waals surface area contributed by atoms with Crippen LogP contribution in [0, 0.1) is 5.92 Å². The fraction of sp³-hybridized carbons (Fsp3) is 0.500. The van der Waals surface area contributed by atoms with Crippen LogP contribution in [0.2, 0.25) is 0 Å². The van der Waals surface area contributed by atoms with Crippen LogP contribution in [-0.2, 0) is 11.2 Å². The highest BCUT2D eigenvalue weighted by Crippen LogP contribution is 2.39. The molecule has 1 N–H and O–H groups in total. The average molecular weight is 218 g/mol. The van der Waals surface area contributed by atoms with Gasteiger partial charge in [0.15, 0.2) is 0 Å². The van der Waals surface area contributed by atoms with Gasteiger partial charge in [-0.2, -0.15) is 0 Å². The molecule has 2 rings (SSSR count). The highest BCUT2D eigenvalue weighted by Gasteiger charge is 2.29. The van der Waals surface area contributed by atoms with Gasteiger partial charge in [0, 0.05) is 12.5 Å². The molecule has 0 saturated heterocycles. The third kappa shape index (κ3) is 2.17. The SMILES string of the molecule is CC(=O)C(CCO)CC1Cc2ccccc21. The molecule has 0 saturated carbocycles. The van der Waals surface area contributed by atoms with E-state index in [9.17, 15) is 4.79 Å². The molecule has 0 aliphatic heterocycles. The summed E-state index contributed by atoms with van der Waals surface area (Å²) in [5, 5.41) is 8.93. The van der Waals surface area contributed by atoms with Crippen LogP contribution in [0.5, 0.6) is 0 Å². The summed E-state index contributed by atoms with van der Waals surface area (Å²) >= 11 is 0. The second-order valence-electron chi connectivity index (χ2n) is 4.66. The van der Waals surface area contributed by atoms with E-state index >= 15 is 0 Å². The first-order valence-electron chi connectivity index (χ1n) is 5.91. The van der Waals surface area contributed by atoms with Crippen LogP contribution in [0.25, 0.3) is 0 Å². The van der Waals surface area contributed by atoms with Crippen molar-refractivity contribution in [1.82, 2.24) is 0 Å². The summed E-state index contributed by atoms with van der Waals surface area (Å²) in [6.07, 6.45) is 2.59.